The van der Waals surface area contributed by atoms with Crippen LogP contribution in [0.4, 0.5) is 0 Å². The molecule has 0 radical (unpaired) electrons. The van der Waals surface area contributed by atoms with E-state index in [4.69, 9.17) is 5.26 Å². The number of likely N-dealkylation sites (tertiary alicyclic amines) is 1. The highest BCUT2D eigenvalue weighted by Crippen LogP contribution is 2.20. The van der Waals surface area contributed by atoms with E-state index in [1.54, 1.807) is 12.3 Å². The van der Waals surface area contributed by atoms with E-state index >= 15 is 0 Å². The molecule has 1 aliphatic heterocycles. The number of hydrogen-bond donors (Lipinski definition) is 0. The highest BCUT2D eigenvalue weighted by Gasteiger charge is 2.22. The molecule has 0 spiro atoms. The largest absolute Gasteiger partial charge is 0.304 e. The number of likely N-dealkylation sites (N-methyl/N-ethyl adjacent to an activating group) is 1. The average molecular weight is 176 g/mol. The number of nitrogens with zero attached hydrogens (tertiary/aromatic N) is 4. The zero-order valence-electron chi connectivity index (χ0n) is 7.64. The molecule has 1 atom stereocenters. The van der Waals surface area contributed by atoms with Crippen molar-refractivity contribution in [3.8, 4) is 6.07 Å². The number of rotatable bonds is 1. The van der Waals surface area contributed by atoms with Gasteiger partial charge in [0.05, 0.1) is 12.2 Å². The minimum atomic E-state index is 0.384. The van der Waals surface area contributed by atoms with E-state index in [9.17, 15) is 0 Å². The van der Waals surface area contributed by atoms with Crippen LogP contribution in [0.3, 0.4) is 0 Å². The van der Waals surface area contributed by atoms with Gasteiger partial charge in [-0.2, -0.15) is 10.4 Å². The Kier molecular flexibility index (Phi) is 2.03. The summed E-state index contributed by atoms with van der Waals surface area (Å²) in [7, 11) is 2.09. The Morgan fingerprint density at radius 2 is 2.54 bits per heavy atom. The summed E-state index contributed by atoms with van der Waals surface area (Å²) in [5.74, 6) is 0. The van der Waals surface area contributed by atoms with Gasteiger partial charge in [0.2, 0.25) is 0 Å². The summed E-state index contributed by atoms with van der Waals surface area (Å²) in [6, 6.07) is 4.30. The summed E-state index contributed by atoms with van der Waals surface area (Å²) >= 11 is 0. The second kappa shape index (κ2) is 3.19. The van der Waals surface area contributed by atoms with Gasteiger partial charge in [-0.05, 0) is 26.1 Å². The molecule has 0 bridgehead atoms. The van der Waals surface area contributed by atoms with Gasteiger partial charge in [0.1, 0.15) is 11.8 Å². The first-order valence-electron chi connectivity index (χ1n) is 4.43. The van der Waals surface area contributed by atoms with Crippen LogP contribution in [0.2, 0.25) is 0 Å². The van der Waals surface area contributed by atoms with Crippen molar-refractivity contribution in [3.63, 3.8) is 0 Å². The first-order chi connectivity index (χ1) is 6.31. The maximum absolute atomic E-state index is 8.81. The van der Waals surface area contributed by atoms with Crippen molar-refractivity contribution in [3.05, 3.63) is 18.0 Å². The molecule has 0 aromatic carbocycles. The summed E-state index contributed by atoms with van der Waals surface area (Å²) in [6.45, 7) is 2.09. The van der Waals surface area contributed by atoms with Gasteiger partial charge in [-0.1, -0.05) is 0 Å². The first kappa shape index (κ1) is 8.27. The minimum Gasteiger partial charge on any atom is -0.304 e. The van der Waals surface area contributed by atoms with E-state index in [0.29, 0.717) is 11.7 Å². The standard InChI is InChI=1S/C9H12N4/c1-12-5-3-9(7-12)13-8(6-10)2-4-11-13/h2,4,9H,3,5,7H2,1H3. The fourth-order valence-corrected chi connectivity index (χ4v) is 1.81. The van der Waals surface area contributed by atoms with Crippen molar-refractivity contribution >= 4 is 0 Å². The molecule has 0 aliphatic carbocycles. The smallest absolute Gasteiger partial charge is 0.138 e. The van der Waals surface area contributed by atoms with Crippen molar-refractivity contribution in [2.24, 2.45) is 0 Å². The second-order valence-corrected chi connectivity index (χ2v) is 3.48. The van der Waals surface area contributed by atoms with Gasteiger partial charge >= 0.3 is 0 Å². The SMILES string of the molecule is CN1CCC(n2nccc2C#N)C1. The van der Waals surface area contributed by atoms with E-state index in [2.05, 4.69) is 23.1 Å². The average Bonchev–Trinajstić information content (AvgIpc) is 2.71. The Labute approximate surface area is 77.4 Å². The quantitative estimate of drug-likeness (QED) is 0.630. The highest BCUT2D eigenvalue weighted by molar-refractivity contribution is 5.19. The molecule has 13 heavy (non-hydrogen) atoms. The zero-order valence-corrected chi connectivity index (χ0v) is 7.64. The van der Waals surface area contributed by atoms with Crippen LogP contribution >= 0.6 is 0 Å². The lowest BCUT2D eigenvalue weighted by molar-refractivity contribution is 0.381. The van der Waals surface area contributed by atoms with E-state index in [1.807, 2.05) is 4.68 Å². The van der Waals surface area contributed by atoms with Crippen LogP contribution in [0.5, 0.6) is 0 Å². The molecule has 0 amide bonds. The third-order valence-corrected chi connectivity index (χ3v) is 2.50. The number of nitriles is 1. The fraction of sp³-hybridized carbons (Fsp3) is 0.556. The third-order valence-electron chi connectivity index (χ3n) is 2.50. The van der Waals surface area contributed by atoms with Crippen molar-refractivity contribution in [1.29, 1.82) is 5.26 Å². The Hall–Kier alpha value is -1.34. The molecular formula is C9H12N4. The Morgan fingerprint density at radius 1 is 1.69 bits per heavy atom. The topological polar surface area (TPSA) is 44.9 Å². The van der Waals surface area contributed by atoms with E-state index in [1.165, 1.54) is 0 Å². The molecule has 0 saturated carbocycles. The zero-order chi connectivity index (χ0) is 9.26. The molecule has 0 N–H and O–H groups in total. The number of aromatic nitrogens is 2. The third kappa shape index (κ3) is 1.43. The Balaban J connectivity index is 2.22. The molecule has 1 unspecified atom stereocenters. The minimum absolute atomic E-state index is 0.384. The lowest BCUT2D eigenvalue weighted by Crippen LogP contribution is -2.17. The molecule has 1 fully saturated rings. The van der Waals surface area contributed by atoms with E-state index < -0.39 is 0 Å². The summed E-state index contributed by atoms with van der Waals surface area (Å²) in [5.41, 5.74) is 0.667. The van der Waals surface area contributed by atoms with Gasteiger partial charge in [0.15, 0.2) is 0 Å². The van der Waals surface area contributed by atoms with Crippen LogP contribution in [-0.2, 0) is 0 Å². The summed E-state index contributed by atoms with van der Waals surface area (Å²) < 4.78 is 1.84. The molecule has 4 nitrogen and oxygen atoms in total. The van der Waals surface area contributed by atoms with Gasteiger partial charge in [0.25, 0.3) is 0 Å². The predicted molar refractivity (Wildman–Crippen MR) is 48.1 cm³/mol. The fourth-order valence-electron chi connectivity index (χ4n) is 1.81. The van der Waals surface area contributed by atoms with Crippen molar-refractivity contribution < 1.29 is 0 Å². The normalized spacial score (nSPS) is 23.2. The van der Waals surface area contributed by atoms with Gasteiger partial charge in [-0.15, -0.1) is 0 Å². The molecular weight excluding hydrogens is 164 g/mol. The van der Waals surface area contributed by atoms with E-state index in [-0.39, 0.29) is 0 Å². The van der Waals surface area contributed by atoms with Crippen LogP contribution in [0, 0.1) is 11.3 Å². The second-order valence-electron chi connectivity index (χ2n) is 3.48. The Morgan fingerprint density at radius 3 is 3.15 bits per heavy atom. The lowest BCUT2D eigenvalue weighted by atomic mass is 10.2. The molecule has 68 valence electrons. The maximum Gasteiger partial charge on any atom is 0.138 e. The van der Waals surface area contributed by atoms with Crippen molar-refractivity contribution in [2.75, 3.05) is 20.1 Å². The molecule has 2 rings (SSSR count). The summed E-state index contributed by atoms with van der Waals surface area (Å²) in [5, 5.41) is 13.0. The van der Waals surface area contributed by atoms with Crippen molar-refractivity contribution in [2.45, 2.75) is 12.5 Å². The van der Waals surface area contributed by atoms with Crippen LogP contribution in [0.1, 0.15) is 18.2 Å². The molecule has 1 saturated heterocycles. The number of hydrogen-bond acceptors (Lipinski definition) is 3. The monoisotopic (exact) mass is 176 g/mol. The maximum atomic E-state index is 8.81. The summed E-state index contributed by atoms with van der Waals surface area (Å²) in [4.78, 5) is 2.26. The van der Waals surface area contributed by atoms with Crippen LogP contribution < -0.4 is 0 Å². The summed E-state index contributed by atoms with van der Waals surface area (Å²) in [6.07, 6.45) is 2.78. The van der Waals surface area contributed by atoms with Crippen molar-refractivity contribution in [1.82, 2.24) is 14.7 Å². The first-order valence-corrected chi connectivity index (χ1v) is 4.43. The Bertz CT molecular complexity index is 336. The van der Waals surface area contributed by atoms with Gasteiger partial charge in [-0.3, -0.25) is 4.68 Å². The van der Waals surface area contributed by atoms with Crippen LogP contribution in [0.15, 0.2) is 12.3 Å². The molecule has 2 heterocycles. The molecule has 1 aliphatic rings. The molecule has 1 aromatic heterocycles. The van der Waals surface area contributed by atoms with Gasteiger partial charge in [-0.25, -0.2) is 0 Å². The lowest BCUT2D eigenvalue weighted by Gasteiger charge is -2.11. The predicted octanol–water partition coefficient (Wildman–Crippen LogP) is 0.631. The van der Waals surface area contributed by atoms with Crippen LogP contribution in [-0.4, -0.2) is 34.8 Å². The highest BCUT2D eigenvalue weighted by atomic mass is 15.3. The van der Waals surface area contributed by atoms with E-state index in [0.717, 1.165) is 19.5 Å². The van der Waals surface area contributed by atoms with Gasteiger partial charge < -0.3 is 4.90 Å². The van der Waals surface area contributed by atoms with Crippen LogP contribution in [0.25, 0.3) is 0 Å². The molecule has 1 aromatic rings. The molecule has 4 heteroatoms. The van der Waals surface area contributed by atoms with Gasteiger partial charge in [0, 0.05) is 6.54 Å².